The number of carbonyl (C=O) groups excluding carboxylic acids is 2. The van der Waals surface area contributed by atoms with Crippen LogP contribution in [0.15, 0.2) is 48.8 Å². The summed E-state index contributed by atoms with van der Waals surface area (Å²) in [6.45, 7) is 2.95. The van der Waals surface area contributed by atoms with E-state index in [-0.39, 0.29) is 0 Å². The van der Waals surface area contributed by atoms with Crippen LogP contribution in [-0.4, -0.2) is 21.5 Å². The van der Waals surface area contributed by atoms with E-state index in [1.165, 1.54) is 6.92 Å². The fraction of sp³-hybridized carbons (Fsp3) is 0.200. The first-order valence-corrected chi connectivity index (χ1v) is 5.95. The van der Waals surface area contributed by atoms with Gasteiger partial charge in [-0.1, -0.05) is 12.1 Å². The summed E-state index contributed by atoms with van der Waals surface area (Å²) in [5.74, 6) is -1.01. The Balaban J connectivity index is 2.64. The fourth-order valence-corrected chi connectivity index (χ4v) is 2.03. The van der Waals surface area contributed by atoms with Gasteiger partial charge >= 0.3 is 0 Å². The van der Waals surface area contributed by atoms with Crippen LogP contribution in [0.3, 0.4) is 0 Å². The van der Waals surface area contributed by atoms with Crippen molar-refractivity contribution in [3.8, 4) is 0 Å². The molecule has 0 radical (unpaired) electrons. The molecule has 0 aromatic carbocycles. The summed E-state index contributed by atoms with van der Waals surface area (Å²) < 4.78 is 0. The number of ketones is 2. The average molecular weight is 254 g/mol. The molecule has 4 nitrogen and oxygen atoms in total. The van der Waals surface area contributed by atoms with E-state index in [1.54, 1.807) is 55.7 Å². The Morgan fingerprint density at radius 2 is 1.42 bits per heavy atom. The summed E-state index contributed by atoms with van der Waals surface area (Å²) in [4.78, 5) is 32.3. The summed E-state index contributed by atoms with van der Waals surface area (Å²) >= 11 is 0. The lowest BCUT2D eigenvalue weighted by molar-refractivity contribution is -0.137. The summed E-state index contributed by atoms with van der Waals surface area (Å²) in [6.07, 6.45) is 3.20. The average Bonchev–Trinajstić information content (AvgIpc) is 2.47. The normalized spacial score (nSPS) is 11.1. The summed E-state index contributed by atoms with van der Waals surface area (Å²) in [5.41, 5.74) is -0.100. The maximum absolute atomic E-state index is 12.3. The van der Waals surface area contributed by atoms with Crippen LogP contribution in [0.4, 0.5) is 0 Å². The van der Waals surface area contributed by atoms with Gasteiger partial charge in [0, 0.05) is 19.3 Å². The van der Waals surface area contributed by atoms with Gasteiger partial charge in [0.15, 0.2) is 5.78 Å². The lowest BCUT2D eigenvalue weighted by Crippen LogP contribution is -2.39. The highest BCUT2D eigenvalue weighted by molar-refractivity contribution is 6.40. The predicted molar refractivity (Wildman–Crippen MR) is 70.6 cm³/mol. The monoisotopic (exact) mass is 254 g/mol. The Kier molecular flexibility index (Phi) is 3.51. The molecule has 0 bridgehead atoms. The van der Waals surface area contributed by atoms with Crippen LogP contribution in [0.2, 0.25) is 0 Å². The second-order valence-corrected chi connectivity index (χ2v) is 4.44. The van der Waals surface area contributed by atoms with Gasteiger partial charge in [-0.2, -0.15) is 0 Å². The van der Waals surface area contributed by atoms with Gasteiger partial charge in [0.05, 0.1) is 11.4 Å². The predicted octanol–water partition coefficient (Wildman–Crippen LogP) is 1.94. The van der Waals surface area contributed by atoms with Crippen LogP contribution in [0.1, 0.15) is 25.2 Å². The van der Waals surface area contributed by atoms with Crippen LogP contribution < -0.4 is 0 Å². The van der Waals surface area contributed by atoms with Crippen LogP contribution >= 0.6 is 0 Å². The highest BCUT2D eigenvalue weighted by Crippen LogP contribution is 2.30. The molecule has 2 rings (SSSR count). The molecule has 0 aliphatic carbocycles. The minimum atomic E-state index is -1.14. The fourth-order valence-electron chi connectivity index (χ4n) is 2.03. The third-order valence-corrected chi connectivity index (χ3v) is 3.13. The largest absolute Gasteiger partial charge is 0.291 e. The topological polar surface area (TPSA) is 59.9 Å². The van der Waals surface area contributed by atoms with Gasteiger partial charge < -0.3 is 0 Å². The van der Waals surface area contributed by atoms with Crippen molar-refractivity contribution >= 4 is 11.6 Å². The minimum Gasteiger partial charge on any atom is -0.291 e. The molecule has 96 valence electrons. The zero-order valence-corrected chi connectivity index (χ0v) is 10.8. The summed E-state index contributed by atoms with van der Waals surface area (Å²) in [6, 6.07) is 10.6. The molecular weight excluding hydrogens is 240 g/mol. The Morgan fingerprint density at radius 1 is 0.947 bits per heavy atom. The molecule has 0 fully saturated rings. The number of rotatable bonds is 4. The lowest BCUT2D eigenvalue weighted by atomic mass is 9.77. The van der Waals surface area contributed by atoms with Gasteiger partial charge in [-0.15, -0.1) is 0 Å². The van der Waals surface area contributed by atoms with Gasteiger partial charge in [0.1, 0.15) is 5.41 Å². The first kappa shape index (κ1) is 13.1. The third kappa shape index (κ3) is 2.29. The van der Waals surface area contributed by atoms with Crippen molar-refractivity contribution < 1.29 is 9.59 Å². The van der Waals surface area contributed by atoms with E-state index >= 15 is 0 Å². The zero-order valence-electron chi connectivity index (χ0n) is 10.8. The van der Waals surface area contributed by atoms with Crippen LogP contribution in [0.5, 0.6) is 0 Å². The van der Waals surface area contributed by atoms with Crippen molar-refractivity contribution in [3.05, 3.63) is 60.2 Å². The molecule has 0 saturated carbocycles. The molecule has 19 heavy (non-hydrogen) atoms. The molecule has 0 unspecified atom stereocenters. The van der Waals surface area contributed by atoms with Gasteiger partial charge in [-0.3, -0.25) is 19.6 Å². The quantitative estimate of drug-likeness (QED) is 0.782. The van der Waals surface area contributed by atoms with Gasteiger partial charge in [0.25, 0.3) is 0 Å². The molecule has 0 atom stereocenters. The Labute approximate surface area is 111 Å². The van der Waals surface area contributed by atoms with E-state index < -0.39 is 17.0 Å². The number of aromatic nitrogens is 2. The van der Waals surface area contributed by atoms with Gasteiger partial charge in [0.2, 0.25) is 5.78 Å². The van der Waals surface area contributed by atoms with Crippen LogP contribution in [-0.2, 0) is 15.0 Å². The van der Waals surface area contributed by atoms with E-state index in [1.807, 2.05) is 0 Å². The number of hydrogen-bond donors (Lipinski definition) is 0. The standard InChI is InChI=1S/C15H14N2O2/c1-11(18)14(19)15(2,12-7-3-5-9-16-12)13-8-4-6-10-17-13/h3-10H,1-2H3. The number of Topliss-reactive ketones (excluding diaryl/α,β-unsaturated/α-hetero) is 2. The SMILES string of the molecule is CC(=O)C(=O)C(C)(c1ccccn1)c1ccccn1. The van der Waals surface area contributed by atoms with Crippen molar-refractivity contribution in [1.29, 1.82) is 0 Å². The van der Waals surface area contributed by atoms with Crippen molar-refractivity contribution in [2.45, 2.75) is 19.3 Å². The third-order valence-electron chi connectivity index (χ3n) is 3.13. The highest BCUT2D eigenvalue weighted by atomic mass is 16.2. The van der Waals surface area contributed by atoms with Crippen LogP contribution in [0.25, 0.3) is 0 Å². The second kappa shape index (κ2) is 5.10. The molecule has 2 aromatic rings. The molecule has 4 heteroatoms. The molecule has 0 amide bonds. The molecule has 0 aliphatic rings. The lowest BCUT2D eigenvalue weighted by Gasteiger charge is -2.25. The van der Waals surface area contributed by atoms with Crippen molar-refractivity contribution in [3.63, 3.8) is 0 Å². The Hall–Kier alpha value is -2.36. The van der Waals surface area contributed by atoms with Crippen molar-refractivity contribution in [1.82, 2.24) is 9.97 Å². The maximum atomic E-state index is 12.3. The number of pyridine rings is 2. The summed E-state index contributed by atoms with van der Waals surface area (Å²) in [7, 11) is 0. The minimum absolute atomic E-state index is 0.501. The summed E-state index contributed by atoms with van der Waals surface area (Å²) in [5, 5.41) is 0. The second-order valence-electron chi connectivity index (χ2n) is 4.44. The van der Waals surface area contributed by atoms with E-state index in [2.05, 4.69) is 9.97 Å². The Bertz CT molecular complexity index is 555. The van der Waals surface area contributed by atoms with E-state index in [4.69, 9.17) is 0 Å². The van der Waals surface area contributed by atoms with E-state index in [0.717, 1.165) is 0 Å². The van der Waals surface area contributed by atoms with E-state index in [9.17, 15) is 9.59 Å². The number of hydrogen-bond acceptors (Lipinski definition) is 4. The molecule has 0 aliphatic heterocycles. The number of nitrogens with zero attached hydrogens (tertiary/aromatic N) is 2. The molecule has 0 saturated heterocycles. The van der Waals surface area contributed by atoms with Crippen LogP contribution in [0, 0.1) is 0 Å². The molecule has 2 aromatic heterocycles. The number of carbonyl (C=O) groups is 2. The molecule has 0 spiro atoms. The molecule has 0 N–H and O–H groups in total. The van der Waals surface area contributed by atoms with Gasteiger partial charge in [-0.25, -0.2) is 0 Å². The van der Waals surface area contributed by atoms with Crippen molar-refractivity contribution in [2.75, 3.05) is 0 Å². The maximum Gasteiger partial charge on any atom is 0.215 e. The molecule has 2 heterocycles. The highest BCUT2D eigenvalue weighted by Gasteiger charge is 2.41. The van der Waals surface area contributed by atoms with Gasteiger partial charge in [-0.05, 0) is 31.2 Å². The first-order valence-electron chi connectivity index (χ1n) is 5.95. The van der Waals surface area contributed by atoms with E-state index in [0.29, 0.717) is 11.4 Å². The Morgan fingerprint density at radius 3 is 1.74 bits per heavy atom. The van der Waals surface area contributed by atoms with Crippen molar-refractivity contribution in [2.24, 2.45) is 0 Å². The zero-order chi connectivity index (χ0) is 13.9. The smallest absolute Gasteiger partial charge is 0.215 e. The molecular formula is C15H14N2O2. The first-order chi connectivity index (χ1) is 9.06.